The molecule has 1 N–H and O–H groups in total. The molecule has 0 aromatic carbocycles. The summed E-state index contributed by atoms with van der Waals surface area (Å²) in [6.45, 7) is 2.43. The van der Waals surface area contributed by atoms with Gasteiger partial charge < -0.3 is 5.11 Å². The monoisotopic (exact) mass is 154 g/mol. The lowest BCUT2D eigenvalue weighted by Crippen LogP contribution is -1.74. The van der Waals surface area contributed by atoms with Crippen molar-refractivity contribution in [3.63, 3.8) is 0 Å². The Balaban J connectivity index is 3.11. The second-order valence-electron chi connectivity index (χ2n) is 2.48. The molecule has 64 valence electrons. The molecule has 0 heterocycles. The fourth-order valence-corrected chi connectivity index (χ4v) is 0.748. The Morgan fingerprint density at radius 2 is 1.64 bits per heavy atom. The van der Waals surface area contributed by atoms with Crippen molar-refractivity contribution in [1.82, 2.24) is 0 Å². The van der Waals surface area contributed by atoms with Crippen molar-refractivity contribution in [2.45, 2.75) is 32.6 Å². The maximum absolute atomic E-state index is 8.44. The topological polar surface area (TPSA) is 20.2 Å². The second kappa shape index (κ2) is 9.44. The number of rotatable bonds is 6. The molecule has 0 unspecified atom stereocenters. The highest BCUT2D eigenvalue weighted by atomic mass is 16.2. The van der Waals surface area contributed by atoms with Gasteiger partial charge in [-0.25, -0.2) is 0 Å². The van der Waals surface area contributed by atoms with E-state index in [1.54, 1.807) is 0 Å². The van der Waals surface area contributed by atoms with Crippen molar-refractivity contribution < 1.29 is 5.11 Å². The summed E-state index contributed by atoms with van der Waals surface area (Å²) in [7, 11) is 0. The normalized spacial score (nSPS) is 11.8. The van der Waals surface area contributed by atoms with Crippen LogP contribution in [0, 0.1) is 0 Å². The summed E-state index contributed by atoms with van der Waals surface area (Å²) in [6, 6.07) is 0. The van der Waals surface area contributed by atoms with Gasteiger partial charge in [0.2, 0.25) is 0 Å². The molecule has 0 fully saturated rings. The molecular weight excluding hydrogens is 136 g/mol. The van der Waals surface area contributed by atoms with Crippen molar-refractivity contribution >= 4 is 0 Å². The minimum atomic E-state index is 0.259. The maximum atomic E-state index is 8.44. The van der Waals surface area contributed by atoms with Crippen LogP contribution in [0.15, 0.2) is 24.3 Å². The summed E-state index contributed by atoms with van der Waals surface area (Å²) in [5.41, 5.74) is 0. The minimum Gasteiger partial charge on any atom is -0.396 e. The van der Waals surface area contributed by atoms with Gasteiger partial charge in [0, 0.05) is 6.61 Å². The molecular formula is C10H18O. The molecule has 0 aliphatic rings. The SMILES string of the molecule is CCC/C=C/C/C=C/CCO. The van der Waals surface area contributed by atoms with Gasteiger partial charge in [-0.15, -0.1) is 0 Å². The van der Waals surface area contributed by atoms with Crippen LogP contribution in [0.4, 0.5) is 0 Å². The number of hydrogen-bond acceptors (Lipinski definition) is 1. The molecule has 0 bridgehead atoms. The molecule has 1 nitrogen and oxygen atoms in total. The van der Waals surface area contributed by atoms with Gasteiger partial charge in [0.05, 0.1) is 0 Å². The Bertz CT molecular complexity index is 100. The molecule has 0 atom stereocenters. The third kappa shape index (κ3) is 9.44. The first-order valence-corrected chi connectivity index (χ1v) is 4.32. The Morgan fingerprint density at radius 3 is 2.18 bits per heavy atom. The van der Waals surface area contributed by atoms with Crippen molar-refractivity contribution in [1.29, 1.82) is 0 Å². The standard InChI is InChI=1S/C10H18O/c1-2-3-4-5-6-7-8-9-10-11/h4-5,7-8,11H,2-3,6,9-10H2,1H3/b5-4+,8-7+. The number of allylic oxidation sites excluding steroid dienone is 3. The van der Waals surface area contributed by atoms with Gasteiger partial charge in [-0.05, 0) is 19.3 Å². The summed E-state index contributed by atoms with van der Waals surface area (Å²) in [6.07, 6.45) is 12.6. The molecule has 0 saturated carbocycles. The fraction of sp³-hybridized carbons (Fsp3) is 0.600. The van der Waals surface area contributed by atoms with Crippen LogP contribution in [0.25, 0.3) is 0 Å². The first-order chi connectivity index (χ1) is 5.41. The van der Waals surface area contributed by atoms with Gasteiger partial charge >= 0.3 is 0 Å². The molecule has 0 rings (SSSR count). The van der Waals surface area contributed by atoms with Crippen LogP contribution < -0.4 is 0 Å². The zero-order valence-electron chi connectivity index (χ0n) is 7.29. The lowest BCUT2D eigenvalue weighted by Gasteiger charge is -1.84. The predicted molar refractivity (Wildman–Crippen MR) is 49.5 cm³/mol. The van der Waals surface area contributed by atoms with Crippen LogP contribution >= 0.6 is 0 Å². The smallest absolute Gasteiger partial charge is 0.0465 e. The van der Waals surface area contributed by atoms with Crippen LogP contribution in [-0.2, 0) is 0 Å². The van der Waals surface area contributed by atoms with Gasteiger partial charge in [0.25, 0.3) is 0 Å². The summed E-state index contributed by atoms with van der Waals surface area (Å²) in [5.74, 6) is 0. The Kier molecular flexibility index (Phi) is 8.96. The fourth-order valence-electron chi connectivity index (χ4n) is 0.748. The number of hydrogen-bond donors (Lipinski definition) is 1. The van der Waals surface area contributed by atoms with E-state index in [1.807, 2.05) is 6.08 Å². The van der Waals surface area contributed by atoms with Crippen LogP contribution in [0.3, 0.4) is 0 Å². The van der Waals surface area contributed by atoms with Crippen molar-refractivity contribution in [2.75, 3.05) is 6.61 Å². The van der Waals surface area contributed by atoms with Crippen LogP contribution in [-0.4, -0.2) is 11.7 Å². The van der Waals surface area contributed by atoms with E-state index in [-0.39, 0.29) is 6.61 Å². The van der Waals surface area contributed by atoms with E-state index in [9.17, 15) is 0 Å². The van der Waals surface area contributed by atoms with Crippen molar-refractivity contribution in [2.24, 2.45) is 0 Å². The zero-order chi connectivity index (χ0) is 8.36. The van der Waals surface area contributed by atoms with Crippen LogP contribution in [0.2, 0.25) is 0 Å². The molecule has 0 spiro atoms. The molecule has 0 saturated heterocycles. The summed E-state index contributed by atoms with van der Waals surface area (Å²) < 4.78 is 0. The Morgan fingerprint density at radius 1 is 1.00 bits per heavy atom. The Hall–Kier alpha value is -0.560. The quantitative estimate of drug-likeness (QED) is 0.583. The number of aliphatic hydroxyl groups is 1. The van der Waals surface area contributed by atoms with E-state index < -0.39 is 0 Å². The average molecular weight is 154 g/mol. The average Bonchev–Trinajstić information content (AvgIpc) is 2.03. The molecule has 0 amide bonds. The Labute approximate surface area is 69.4 Å². The molecule has 0 radical (unpaired) electrons. The molecule has 0 aromatic heterocycles. The second-order valence-corrected chi connectivity index (χ2v) is 2.48. The van der Waals surface area contributed by atoms with E-state index in [1.165, 1.54) is 12.8 Å². The highest BCUT2D eigenvalue weighted by Gasteiger charge is 1.74. The highest BCUT2D eigenvalue weighted by molar-refractivity contribution is 4.92. The molecule has 0 aromatic rings. The van der Waals surface area contributed by atoms with Gasteiger partial charge in [-0.3, -0.25) is 0 Å². The number of aliphatic hydroxyl groups excluding tert-OH is 1. The molecule has 0 aliphatic carbocycles. The van der Waals surface area contributed by atoms with Crippen LogP contribution in [0.5, 0.6) is 0 Å². The summed E-state index contributed by atoms with van der Waals surface area (Å²) in [4.78, 5) is 0. The summed E-state index contributed by atoms with van der Waals surface area (Å²) in [5, 5.41) is 8.44. The highest BCUT2D eigenvalue weighted by Crippen LogP contribution is 1.92. The van der Waals surface area contributed by atoms with Gasteiger partial charge in [0.1, 0.15) is 0 Å². The molecule has 1 heteroatoms. The van der Waals surface area contributed by atoms with E-state index in [2.05, 4.69) is 25.2 Å². The minimum absolute atomic E-state index is 0.259. The molecule has 0 aliphatic heterocycles. The third-order valence-corrected chi connectivity index (χ3v) is 1.36. The van der Waals surface area contributed by atoms with E-state index in [4.69, 9.17) is 5.11 Å². The first kappa shape index (κ1) is 10.4. The van der Waals surface area contributed by atoms with Gasteiger partial charge in [0.15, 0.2) is 0 Å². The van der Waals surface area contributed by atoms with Crippen molar-refractivity contribution in [3.8, 4) is 0 Å². The van der Waals surface area contributed by atoms with E-state index in [0.29, 0.717) is 0 Å². The zero-order valence-corrected chi connectivity index (χ0v) is 7.29. The number of unbranched alkanes of at least 4 members (excludes halogenated alkanes) is 1. The van der Waals surface area contributed by atoms with E-state index >= 15 is 0 Å². The van der Waals surface area contributed by atoms with Gasteiger partial charge in [-0.1, -0.05) is 37.6 Å². The van der Waals surface area contributed by atoms with Gasteiger partial charge in [-0.2, -0.15) is 0 Å². The lowest BCUT2D eigenvalue weighted by molar-refractivity contribution is 0.302. The largest absolute Gasteiger partial charge is 0.396 e. The maximum Gasteiger partial charge on any atom is 0.0465 e. The molecule has 11 heavy (non-hydrogen) atoms. The summed E-state index contributed by atoms with van der Waals surface area (Å²) >= 11 is 0. The predicted octanol–water partition coefficient (Wildman–Crippen LogP) is 2.67. The lowest BCUT2D eigenvalue weighted by atomic mass is 10.2. The van der Waals surface area contributed by atoms with Crippen molar-refractivity contribution in [3.05, 3.63) is 24.3 Å². The third-order valence-electron chi connectivity index (χ3n) is 1.36. The first-order valence-electron chi connectivity index (χ1n) is 4.32. The van der Waals surface area contributed by atoms with Crippen LogP contribution in [0.1, 0.15) is 32.6 Å². The van der Waals surface area contributed by atoms with E-state index in [0.717, 1.165) is 12.8 Å².